The van der Waals surface area contributed by atoms with E-state index in [-0.39, 0.29) is 24.1 Å². The number of hydrogen-bond donors (Lipinski definition) is 1. The Morgan fingerprint density at radius 3 is 3.00 bits per heavy atom. The lowest BCUT2D eigenvalue weighted by molar-refractivity contribution is 0.0524. The summed E-state index contributed by atoms with van der Waals surface area (Å²) in [5.41, 5.74) is 2.00. The molecule has 1 aromatic carbocycles. The number of benzene rings is 1. The fraction of sp³-hybridized carbons (Fsp3) is 0.375. The number of pyridine rings is 1. The van der Waals surface area contributed by atoms with Crippen LogP contribution in [-0.2, 0) is 4.74 Å². The van der Waals surface area contributed by atoms with E-state index >= 15 is 0 Å². The minimum atomic E-state index is -0.391. The second-order valence-corrected chi connectivity index (χ2v) is 5.16. The van der Waals surface area contributed by atoms with Crippen molar-refractivity contribution in [1.29, 1.82) is 0 Å². The number of carbonyl (C=O) groups is 1. The predicted octanol–water partition coefficient (Wildman–Crippen LogP) is 3.05. The number of aromatic nitrogens is 1. The zero-order valence-electron chi connectivity index (χ0n) is 12.3. The van der Waals surface area contributed by atoms with E-state index < -0.39 is 5.97 Å². The van der Waals surface area contributed by atoms with Gasteiger partial charge in [-0.15, -0.1) is 12.4 Å². The monoisotopic (exact) mass is 324 g/mol. The van der Waals surface area contributed by atoms with Crippen LogP contribution in [-0.4, -0.2) is 30.6 Å². The number of carbonyl (C=O) groups excluding carboxylic acids is 1. The molecule has 1 atom stereocenters. The van der Waals surface area contributed by atoms with Crippen molar-refractivity contribution in [2.24, 2.45) is 0 Å². The highest BCUT2D eigenvalue weighted by molar-refractivity contribution is 5.97. The summed E-state index contributed by atoms with van der Waals surface area (Å²) >= 11 is 0. The summed E-state index contributed by atoms with van der Waals surface area (Å²) in [5, 5.41) is 3.99. The van der Waals surface area contributed by atoms with Crippen LogP contribution in [0.25, 0.3) is 10.9 Å². The molecule has 0 radical (unpaired) electrons. The maximum Gasteiger partial charge on any atom is 0.340 e. The lowest BCUT2D eigenvalue weighted by Gasteiger charge is -2.16. The molecular weight excluding hydrogens is 307 g/mol. The summed E-state index contributed by atoms with van der Waals surface area (Å²) in [4.78, 5) is 16.4. The normalized spacial score (nSPS) is 17.3. The number of ether oxygens (including phenoxy) is 1. The van der Waals surface area contributed by atoms with Crippen molar-refractivity contribution < 1.29 is 13.9 Å². The van der Waals surface area contributed by atoms with Crippen molar-refractivity contribution in [3.63, 3.8) is 0 Å². The number of nitrogens with one attached hydrogen (secondary N) is 1. The molecule has 6 heteroatoms. The number of rotatable bonds is 3. The molecule has 1 aliphatic rings. The van der Waals surface area contributed by atoms with Crippen LogP contribution in [0.4, 0.5) is 4.39 Å². The fourth-order valence-corrected chi connectivity index (χ4v) is 2.90. The number of esters is 1. The molecule has 0 saturated carbocycles. The molecule has 22 heavy (non-hydrogen) atoms. The van der Waals surface area contributed by atoms with Crippen molar-refractivity contribution in [1.82, 2.24) is 10.3 Å². The summed E-state index contributed by atoms with van der Waals surface area (Å²) in [7, 11) is 0. The quantitative estimate of drug-likeness (QED) is 0.882. The zero-order chi connectivity index (χ0) is 14.8. The topological polar surface area (TPSA) is 51.2 Å². The van der Waals surface area contributed by atoms with Gasteiger partial charge in [0.15, 0.2) is 0 Å². The van der Waals surface area contributed by atoms with Crippen LogP contribution in [0, 0.1) is 5.82 Å². The van der Waals surface area contributed by atoms with Gasteiger partial charge in [0.1, 0.15) is 5.82 Å². The van der Waals surface area contributed by atoms with Crippen molar-refractivity contribution in [3.8, 4) is 0 Å². The molecule has 1 unspecified atom stereocenters. The molecule has 0 amide bonds. The molecule has 1 fully saturated rings. The Balaban J connectivity index is 0.00000176. The average molecular weight is 325 g/mol. The van der Waals surface area contributed by atoms with E-state index in [1.54, 1.807) is 19.2 Å². The molecule has 1 saturated heterocycles. The largest absolute Gasteiger partial charge is 0.462 e. The molecule has 118 valence electrons. The van der Waals surface area contributed by atoms with Crippen LogP contribution in [0.15, 0.2) is 24.4 Å². The van der Waals surface area contributed by atoms with Crippen LogP contribution in [0.1, 0.15) is 35.2 Å². The molecule has 0 bridgehead atoms. The second-order valence-electron chi connectivity index (χ2n) is 5.16. The molecule has 2 aromatic rings. The van der Waals surface area contributed by atoms with Gasteiger partial charge in [-0.2, -0.15) is 0 Å². The van der Waals surface area contributed by atoms with Crippen LogP contribution in [0.3, 0.4) is 0 Å². The Morgan fingerprint density at radius 2 is 2.32 bits per heavy atom. The SMILES string of the molecule is CCOC(=O)c1cnc2ccc(F)cc2c1C1CCNC1.Cl. The van der Waals surface area contributed by atoms with E-state index in [0.717, 1.165) is 25.1 Å². The van der Waals surface area contributed by atoms with E-state index in [2.05, 4.69) is 10.3 Å². The van der Waals surface area contributed by atoms with Gasteiger partial charge in [-0.05, 0) is 49.6 Å². The Kier molecular flexibility index (Phi) is 5.32. The van der Waals surface area contributed by atoms with E-state index in [1.807, 2.05) is 0 Å². The van der Waals surface area contributed by atoms with E-state index in [0.29, 0.717) is 23.1 Å². The van der Waals surface area contributed by atoms with Crippen molar-refractivity contribution >= 4 is 29.3 Å². The van der Waals surface area contributed by atoms with Gasteiger partial charge in [0, 0.05) is 18.1 Å². The Labute approximate surface area is 134 Å². The van der Waals surface area contributed by atoms with Gasteiger partial charge in [0.05, 0.1) is 17.7 Å². The van der Waals surface area contributed by atoms with Crippen molar-refractivity contribution in [2.75, 3.05) is 19.7 Å². The van der Waals surface area contributed by atoms with Crippen molar-refractivity contribution in [3.05, 3.63) is 41.3 Å². The van der Waals surface area contributed by atoms with Crippen LogP contribution in [0.5, 0.6) is 0 Å². The lowest BCUT2D eigenvalue weighted by Crippen LogP contribution is -2.14. The number of halogens is 2. The molecule has 4 nitrogen and oxygen atoms in total. The minimum absolute atomic E-state index is 0. The number of nitrogens with zero attached hydrogens (tertiary/aromatic N) is 1. The number of hydrogen-bond acceptors (Lipinski definition) is 4. The van der Waals surface area contributed by atoms with Gasteiger partial charge >= 0.3 is 5.97 Å². The molecule has 3 rings (SSSR count). The third kappa shape index (κ3) is 3.05. The van der Waals surface area contributed by atoms with E-state index in [9.17, 15) is 9.18 Å². The first kappa shape index (κ1) is 16.6. The molecule has 0 spiro atoms. The van der Waals surface area contributed by atoms with Crippen LogP contribution < -0.4 is 5.32 Å². The highest BCUT2D eigenvalue weighted by atomic mass is 35.5. The third-order valence-electron chi connectivity index (χ3n) is 3.84. The summed E-state index contributed by atoms with van der Waals surface area (Å²) < 4.78 is 18.7. The predicted molar refractivity (Wildman–Crippen MR) is 85.1 cm³/mol. The Hall–Kier alpha value is -1.72. The zero-order valence-corrected chi connectivity index (χ0v) is 13.1. The first-order valence-electron chi connectivity index (χ1n) is 7.16. The van der Waals surface area contributed by atoms with Crippen LogP contribution in [0.2, 0.25) is 0 Å². The highest BCUT2D eigenvalue weighted by Crippen LogP contribution is 2.32. The van der Waals surface area contributed by atoms with Crippen molar-refractivity contribution in [2.45, 2.75) is 19.3 Å². The number of fused-ring (bicyclic) bond motifs is 1. The first-order chi connectivity index (χ1) is 10.2. The molecule has 0 aliphatic carbocycles. The molecule has 1 aliphatic heterocycles. The summed E-state index contributed by atoms with van der Waals surface area (Å²) in [5.74, 6) is -0.535. The van der Waals surface area contributed by atoms with Gasteiger partial charge in [-0.1, -0.05) is 0 Å². The van der Waals surface area contributed by atoms with Gasteiger partial charge in [-0.3, -0.25) is 4.98 Å². The Bertz CT molecular complexity index is 687. The summed E-state index contributed by atoms with van der Waals surface area (Å²) in [6, 6.07) is 4.49. The molecule has 2 heterocycles. The minimum Gasteiger partial charge on any atom is -0.462 e. The molecule has 1 N–H and O–H groups in total. The lowest BCUT2D eigenvalue weighted by atomic mass is 9.90. The summed E-state index contributed by atoms with van der Waals surface area (Å²) in [6.07, 6.45) is 2.47. The average Bonchev–Trinajstić information content (AvgIpc) is 3.00. The maximum absolute atomic E-state index is 13.6. The van der Waals surface area contributed by atoms with Gasteiger partial charge < -0.3 is 10.1 Å². The smallest absolute Gasteiger partial charge is 0.340 e. The standard InChI is InChI=1S/C16H17FN2O2.ClH/c1-2-21-16(20)13-9-19-14-4-3-11(17)7-12(14)15(13)10-5-6-18-8-10;/h3-4,7,9-10,18H,2,5-6,8H2,1H3;1H. The first-order valence-corrected chi connectivity index (χ1v) is 7.16. The molecule has 1 aromatic heterocycles. The summed E-state index contributed by atoms with van der Waals surface area (Å²) in [6.45, 7) is 3.75. The second kappa shape index (κ2) is 7.03. The maximum atomic E-state index is 13.6. The van der Waals surface area contributed by atoms with Gasteiger partial charge in [-0.25, -0.2) is 9.18 Å². The third-order valence-corrected chi connectivity index (χ3v) is 3.84. The molecular formula is C16H18ClFN2O2. The highest BCUT2D eigenvalue weighted by Gasteiger charge is 2.26. The van der Waals surface area contributed by atoms with Gasteiger partial charge in [0.2, 0.25) is 0 Å². The van der Waals surface area contributed by atoms with E-state index in [1.165, 1.54) is 12.1 Å². The van der Waals surface area contributed by atoms with E-state index in [4.69, 9.17) is 4.74 Å². The fourth-order valence-electron chi connectivity index (χ4n) is 2.90. The van der Waals surface area contributed by atoms with Crippen LogP contribution >= 0.6 is 12.4 Å². The van der Waals surface area contributed by atoms with Gasteiger partial charge in [0.25, 0.3) is 0 Å². The Morgan fingerprint density at radius 1 is 1.50 bits per heavy atom.